The highest BCUT2D eigenvalue weighted by molar-refractivity contribution is 8.01. The lowest BCUT2D eigenvalue weighted by molar-refractivity contribution is -0.407. The van der Waals surface area contributed by atoms with Crippen molar-refractivity contribution in [3.8, 4) is 0 Å². The molecule has 16 nitrogen and oxygen atoms in total. The molecule has 0 aliphatic carbocycles. The van der Waals surface area contributed by atoms with Crippen LogP contribution in [0.25, 0.3) is 0 Å². The van der Waals surface area contributed by atoms with Crippen LogP contribution in [0.15, 0.2) is 0 Å². The number of carboxylic acids is 1. The van der Waals surface area contributed by atoms with Crippen molar-refractivity contribution in [2.75, 3.05) is 33.0 Å². The second-order valence-electron chi connectivity index (χ2n) is 17.5. The smallest absolute Gasteiger partial charge is 0.315 e. The molecule has 0 saturated carbocycles. The summed E-state index contributed by atoms with van der Waals surface area (Å²) in [7, 11) is 0. The summed E-state index contributed by atoms with van der Waals surface area (Å²) >= 11 is 1.31. The number of rotatable bonds is 14. The molecule has 4 rings (SSSR count). The average molecular weight is 778 g/mol. The number of carbonyl (C=O) groups is 3. The van der Waals surface area contributed by atoms with Crippen LogP contribution in [0.5, 0.6) is 0 Å². The number of fused-ring (bicyclic) bond motifs is 1. The highest BCUT2D eigenvalue weighted by Crippen LogP contribution is 2.55. The maximum atomic E-state index is 12.7. The zero-order valence-electron chi connectivity index (χ0n) is 32.7. The van der Waals surface area contributed by atoms with E-state index in [-0.39, 0.29) is 32.2 Å². The molecule has 0 spiro atoms. The van der Waals surface area contributed by atoms with Gasteiger partial charge < -0.3 is 65.9 Å². The summed E-state index contributed by atoms with van der Waals surface area (Å²) in [6.45, 7) is 14.2. The molecule has 17 heteroatoms. The molecule has 4 heterocycles. The predicted molar refractivity (Wildman–Crippen MR) is 194 cm³/mol. The van der Waals surface area contributed by atoms with Crippen molar-refractivity contribution in [3.05, 3.63) is 0 Å². The van der Waals surface area contributed by atoms with Crippen LogP contribution in [0.3, 0.4) is 0 Å². The van der Waals surface area contributed by atoms with Gasteiger partial charge >= 0.3 is 12.0 Å². The molecule has 9 unspecified atom stereocenters. The minimum absolute atomic E-state index is 0.104. The summed E-state index contributed by atoms with van der Waals surface area (Å²) in [6.07, 6.45) is -0.734. The monoisotopic (exact) mass is 777 g/mol. The van der Waals surface area contributed by atoms with Gasteiger partial charge in [-0.05, 0) is 80.6 Å². The molecule has 0 radical (unpaired) electrons. The van der Waals surface area contributed by atoms with E-state index in [1.54, 1.807) is 27.7 Å². The number of carboxylic acid groups (broad SMARTS) is 1. The molecule has 4 saturated heterocycles. The van der Waals surface area contributed by atoms with Crippen LogP contribution in [0.4, 0.5) is 4.79 Å². The van der Waals surface area contributed by atoms with E-state index in [1.165, 1.54) is 53.3 Å². The first-order valence-corrected chi connectivity index (χ1v) is 19.2. The SMILES string of the molecule is CC(=O)NC(C)([C@@H](C)C(=O)O)C(C)(CC1CC(COC[C@]2(C)OC(C)(CO)[C@](C)(O)C(C)(O)C2(C)O)CCO1)[C@H](O)C1SC(C)(CO)[C@@H]2NC(=O)N[C@H]12. The zero-order valence-corrected chi connectivity index (χ0v) is 33.5. The molecule has 10 N–H and O–H groups in total. The first-order valence-electron chi connectivity index (χ1n) is 18.4. The van der Waals surface area contributed by atoms with E-state index in [9.17, 15) is 50.1 Å². The van der Waals surface area contributed by atoms with Crippen LogP contribution in [0.1, 0.15) is 88.5 Å². The van der Waals surface area contributed by atoms with Gasteiger partial charge in [-0.25, -0.2) is 4.79 Å². The van der Waals surface area contributed by atoms with Gasteiger partial charge in [0, 0.05) is 25.6 Å². The third-order valence-corrected chi connectivity index (χ3v) is 15.8. The number of thioether (sulfide) groups is 1. The normalized spacial score (nSPS) is 44.8. The standard InChI is InChI=1S/C36H63N3O13S/c1-19(27(44)45)33(7,39-20(2)42)29(3,26(43)24-23-25(38-28(46)37-23)30(4,16-40)53-24)14-22-13-21(11-12-51-22)15-50-18-32(6)35(9,48)36(10,49)34(8,47)31(5,17-41)52-32/h19,21-26,40-41,43,47-49H,11-18H2,1-10H3,(H,39,42)(H,44,45)(H2,37,38,46)/t19-,21?,22?,23+,24?,25+,26+,29?,30?,31?,32-,33?,34-,35?,36?/m0/s1. The van der Waals surface area contributed by atoms with Crippen LogP contribution < -0.4 is 16.0 Å². The Morgan fingerprint density at radius 3 is 2.17 bits per heavy atom. The first kappa shape index (κ1) is 43.9. The molecule has 0 aromatic heterocycles. The van der Waals surface area contributed by atoms with Crippen molar-refractivity contribution >= 4 is 29.7 Å². The highest BCUT2D eigenvalue weighted by Gasteiger charge is 2.74. The summed E-state index contributed by atoms with van der Waals surface area (Å²) in [5.41, 5.74) is -12.3. The van der Waals surface area contributed by atoms with E-state index in [0.29, 0.717) is 19.4 Å². The first-order chi connectivity index (χ1) is 24.1. The molecule has 53 heavy (non-hydrogen) atoms. The average Bonchev–Trinajstić information content (AvgIpc) is 3.58. The summed E-state index contributed by atoms with van der Waals surface area (Å²) in [4.78, 5) is 37.9. The van der Waals surface area contributed by atoms with Gasteiger partial charge in [0.1, 0.15) is 28.0 Å². The Labute approximate surface area is 316 Å². The molecular formula is C36H63N3O13S. The number of amides is 3. The number of aliphatic hydroxyl groups excluding tert-OH is 3. The fourth-order valence-electron chi connectivity index (χ4n) is 9.23. The van der Waals surface area contributed by atoms with E-state index < -0.39 is 104 Å². The topological polar surface area (TPSA) is 257 Å². The van der Waals surface area contributed by atoms with Crippen LogP contribution in [-0.2, 0) is 23.8 Å². The van der Waals surface area contributed by atoms with E-state index in [2.05, 4.69) is 16.0 Å². The predicted octanol–water partition coefficient (Wildman–Crippen LogP) is -0.120. The number of aliphatic hydroxyl groups is 6. The van der Waals surface area contributed by atoms with Crippen molar-refractivity contribution in [2.45, 2.75) is 156 Å². The van der Waals surface area contributed by atoms with Gasteiger partial charge in [0.05, 0.1) is 65.6 Å². The second-order valence-corrected chi connectivity index (χ2v) is 19.2. The van der Waals surface area contributed by atoms with Crippen molar-refractivity contribution in [3.63, 3.8) is 0 Å². The lowest BCUT2D eigenvalue weighted by Crippen LogP contribution is -2.85. The number of aliphatic carboxylic acids is 1. The van der Waals surface area contributed by atoms with Crippen LogP contribution >= 0.6 is 11.8 Å². The van der Waals surface area contributed by atoms with Gasteiger partial charge in [0.2, 0.25) is 5.91 Å². The molecule has 0 bridgehead atoms. The fourth-order valence-corrected chi connectivity index (χ4v) is 11.1. The quantitative estimate of drug-likeness (QED) is 0.103. The summed E-state index contributed by atoms with van der Waals surface area (Å²) in [5, 5.41) is 85.6. The Morgan fingerprint density at radius 2 is 1.62 bits per heavy atom. The minimum Gasteiger partial charge on any atom is -0.481 e. The van der Waals surface area contributed by atoms with Gasteiger partial charge in [0.25, 0.3) is 0 Å². The molecule has 15 atom stereocenters. The zero-order chi connectivity index (χ0) is 40.4. The second kappa shape index (κ2) is 14.6. The Morgan fingerprint density at radius 1 is 1.02 bits per heavy atom. The summed E-state index contributed by atoms with van der Waals surface area (Å²) in [5.74, 6) is -2.96. The highest BCUT2D eigenvalue weighted by atomic mass is 32.2. The van der Waals surface area contributed by atoms with Crippen LogP contribution in [-0.4, -0.2) is 155 Å². The molecule has 0 aromatic carbocycles. The molecule has 3 amide bonds. The number of hydrogen-bond donors (Lipinski definition) is 10. The van der Waals surface area contributed by atoms with Crippen molar-refractivity contribution < 1.29 is 64.3 Å². The fraction of sp³-hybridized carbons (Fsp3) is 0.917. The van der Waals surface area contributed by atoms with E-state index >= 15 is 0 Å². The maximum absolute atomic E-state index is 12.7. The Bertz CT molecular complexity index is 1400. The van der Waals surface area contributed by atoms with Crippen molar-refractivity contribution in [2.24, 2.45) is 17.3 Å². The largest absolute Gasteiger partial charge is 0.481 e. The summed E-state index contributed by atoms with van der Waals surface area (Å²) in [6, 6.07) is -1.57. The van der Waals surface area contributed by atoms with E-state index in [1.807, 2.05) is 0 Å². The molecule has 306 valence electrons. The van der Waals surface area contributed by atoms with E-state index in [4.69, 9.17) is 14.2 Å². The van der Waals surface area contributed by atoms with Crippen LogP contribution in [0, 0.1) is 17.3 Å². The van der Waals surface area contributed by atoms with Gasteiger partial charge in [-0.3, -0.25) is 9.59 Å². The Hall–Kier alpha value is -1.80. The Balaban J connectivity index is 1.60. The van der Waals surface area contributed by atoms with Gasteiger partial charge in [-0.15, -0.1) is 11.8 Å². The number of ether oxygens (including phenoxy) is 3. The van der Waals surface area contributed by atoms with Crippen molar-refractivity contribution in [1.82, 2.24) is 16.0 Å². The third-order valence-electron chi connectivity index (χ3n) is 14.1. The van der Waals surface area contributed by atoms with Gasteiger partial charge in [0.15, 0.2) is 0 Å². The van der Waals surface area contributed by atoms with Crippen LogP contribution in [0.2, 0.25) is 0 Å². The van der Waals surface area contributed by atoms with Crippen molar-refractivity contribution in [1.29, 1.82) is 0 Å². The lowest BCUT2D eigenvalue weighted by atomic mass is 9.58. The number of hydrogen-bond acceptors (Lipinski definition) is 13. The lowest BCUT2D eigenvalue weighted by Gasteiger charge is -2.65. The summed E-state index contributed by atoms with van der Waals surface area (Å²) < 4.78 is 17.7. The third kappa shape index (κ3) is 6.99. The number of urea groups is 1. The van der Waals surface area contributed by atoms with E-state index in [0.717, 1.165) is 0 Å². The molecule has 0 aromatic rings. The number of carbonyl (C=O) groups excluding carboxylic acids is 2. The maximum Gasteiger partial charge on any atom is 0.315 e. The van der Waals surface area contributed by atoms with Gasteiger partial charge in [-0.2, -0.15) is 0 Å². The molecular weight excluding hydrogens is 714 g/mol. The molecule has 4 fully saturated rings. The Kier molecular flexibility index (Phi) is 12.1. The molecule has 4 aliphatic heterocycles. The molecule has 4 aliphatic rings. The van der Waals surface area contributed by atoms with Gasteiger partial charge in [-0.1, -0.05) is 6.92 Å². The number of nitrogens with one attached hydrogen (secondary N) is 3. The minimum atomic E-state index is -2.12.